The molecule has 0 spiro atoms. The zero-order valence-corrected chi connectivity index (χ0v) is 14.9. The average Bonchev–Trinajstić information content (AvgIpc) is 2.45. The van der Waals surface area contributed by atoms with Crippen molar-refractivity contribution < 1.29 is 35.3 Å². The van der Waals surface area contributed by atoms with Crippen LogP contribution in [0.5, 0.6) is 5.75 Å². The molecule has 11 heteroatoms. The van der Waals surface area contributed by atoms with Crippen molar-refractivity contribution in [2.45, 2.75) is 44.3 Å². The van der Waals surface area contributed by atoms with Crippen molar-refractivity contribution in [1.29, 1.82) is 5.26 Å². The quantitative estimate of drug-likeness (QED) is 0.608. The van der Waals surface area contributed by atoms with Gasteiger partial charge in [-0.25, -0.2) is 4.79 Å². The van der Waals surface area contributed by atoms with E-state index in [0.29, 0.717) is 5.56 Å². The molecule has 1 rings (SSSR count). The highest BCUT2D eigenvalue weighted by Crippen LogP contribution is 2.27. The molecule has 26 heavy (non-hydrogen) atoms. The third kappa shape index (κ3) is 6.79. The first-order chi connectivity index (χ1) is 11.7. The third-order valence-electron chi connectivity index (χ3n) is 2.70. The van der Waals surface area contributed by atoms with Crippen molar-refractivity contribution in [3.8, 4) is 11.8 Å². The maximum absolute atomic E-state index is 12.3. The minimum absolute atomic E-state index is 0.0298. The van der Waals surface area contributed by atoms with Crippen LogP contribution in [0.25, 0.3) is 0 Å². The molecule has 0 heterocycles. The summed E-state index contributed by atoms with van der Waals surface area (Å²) in [5.41, 5.74) is -5.81. The van der Waals surface area contributed by atoms with Gasteiger partial charge in [-0.15, -0.1) is 0 Å². The highest BCUT2D eigenvalue weighted by molar-refractivity contribution is 7.88. The molecule has 0 aliphatic heterocycles. The second-order valence-electron chi connectivity index (χ2n) is 6.16. The van der Waals surface area contributed by atoms with E-state index in [2.05, 4.69) is 9.50 Å². The second-order valence-corrected chi connectivity index (χ2v) is 7.70. The second kappa shape index (κ2) is 7.82. The highest BCUT2D eigenvalue weighted by atomic mass is 32.2. The molecule has 0 aromatic heterocycles. The fourth-order valence-corrected chi connectivity index (χ4v) is 2.13. The predicted octanol–water partition coefficient (Wildman–Crippen LogP) is 2.87. The van der Waals surface area contributed by atoms with E-state index in [1.165, 1.54) is 12.1 Å². The molecule has 0 aliphatic rings. The largest absolute Gasteiger partial charge is 0.534 e. The van der Waals surface area contributed by atoms with Crippen LogP contribution in [-0.4, -0.2) is 31.7 Å². The van der Waals surface area contributed by atoms with Gasteiger partial charge in [0.25, 0.3) is 0 Å². The molecule has 1 aromatic carbocycles. The van der Waals surface area contributed by atoms with E-state index in [4.69, 9.17) is 10.00 Å². The smallest absolute Gasteiger partial charge is 0.444 e. The molecule has 1 unspecified atom stereocenters. The normalized spacial score (nSPS) is 13.4. The molecule has 0 fully saturated rings. The van der Waals surface area contributed by atoms with Gasteiger partial charge in [-0.3, -0.25) is 0 Å². The zero-order chi connectivity index (χ0) is 20.2. The van der Waals surface area contributed by atoms with Gasteiger partial charge in [-0.05, 0) is 38.5 Å². The Kier molecular flexibility index (Phi) is 6.49. The number of nitrogens with zero attached hydrogens (tertiary/aromatic N) is 1. The minimum atomic E-state index is -5.75. The number of benzene rings is 1. The number of hydrogen-bond acceptors (Lipinski definition) is 6. The van der Waals surface area contributed by atoms with Gasteiger partial charge in [0.05, 0.1) is 6.07 Å². The summed E-state index contributed by atoms with van der Waals surface area (Å²) in [7, 11) is -5.75. The van der Waals surface area contributed by atoms with Gasteiger partial charge in [0.2, 0.25) is 0 Å². The van der Waals surface area contributed by atoms with Gasteiger partial charge in [0, 0.05) is 6.42 Å². The van der Waals surface area contributed by atoms with Crippen LogP contribution in [0.4, 0.5) is 18.0 Å². The first-order valence-corrected chi connectivity index (χ1v) is 8.63. The molecular formula is C15H17F3N2O5S. The Balaban J connectivity index is 2.74. The van der Waals surface area contributed by atoms with Crippen LogP contribution in [0, 0.1) is 11.3 Å². The number of alkyl halides is 3. The number of rotatable bonds is 5. The molecule has 7 nitrogen and oxygen atoms in total. The molecule has 1 aromatic rings. The van der Waals surface area contributed by atoms with Gasteiger partial charge in [0.1, 0.15) is 17.4 Å². The maximum Gasteiger partial charge on any atom is 0.534 e. The Bertz CT molecular complexity index is 777. The van der Waals surface area contributed by atoms with E-state index >= 15 is 0 Å². The van der Waals surface area contributed by atoms with Gasteiger partial charge >= 0.3 is 21.7 Å². The summed E-state index contributed by atoms with van der Waals surface area (Å²) in [4.78, 5) is 11.6. The lowest BCUT2D eigenvalue weighted by molar-refractivity contribution is -0.0500. The predicted molar refractivity (Wildman–Crippen MR) is 84.5 cm³/mol. The van der Waals surface area contributed by atoms with E-state index in [1.807, 2.05) is 6.07 Å². The van der Waals surface area contributed by atoms with Crippen molar-refractivity contribution in [3.05, 3.63) is 29.8 Å². The standard InChI is InChI=1S/C15H17F3N2O5S/c1-14(2,3)24-13(21)20-11(9-19)8-10-4-6-12(7-5-10)25-26(22,23)15(16,17)18/h4-7,11H,8H2,1-3H3,(H,20,21). The number of nitriles is 1. The van der Waals surface area contributed by atoms with E-state index in [9.17, 15) is 26.4 Å². The number of carbonyl (C=O) groups is 1. The van der Waals surface area contributed by atoms with E-state index in [0.717, 1.165) is 12.1 Å². The topological polar surface area (TPSA) is 105 Å². The Hall–Kier alpha value is -2.48. The number of hydrogen-bond donors (Lipinski definition) is 1. The number of nitrogens with one attached hydrogen (secondary N) is 1. The molecular weight excluding hydrogens is 377 g/mol. The van der Waals surface area contributed by atoms with Gasteiger partial charge in [-0.2, -0.15) is 26.9 Å². The molecule has 0 bridgehead atoms. The van der Waals surface area contributed by atoms with Crippen molar-refractivity contribution >= 4 is 16.2 Å². The van der Waals surface area contributed by atoms with E-state index in [-0.39, 0.29) is 6.42 Å². The average molecular weight is 394 g/mol. The lowest BCUT2D eigenvalue weighted by Gasteiger charge is -2.21. The minimum Gasteiger partial charge on any atom is -0.444 e. The lowest BCUT2D eigenvalue weighted by atomic mass is 10.1. The Morgan fingerprint density at radius 3 is 2.19 bits per heavy atom. The summed E-state index contributed by atoms with van der Waals surface area (Å²) in [6.07, 6.45) is -0.762. The van der Waals surface area contributed by atoms with Crippen LogP contribution in [0.3, 0.4) is 0 Å². The molecule has 0 saturated carbocycles. The molecule has 1 amide bonds. The van der Waals surface area contributed by atoms with Crippen molar-refractivity contribution in [2.75, 3.05) is 0 Å². The van der Waals surface area contributed by atoms with Crippen molar-refractivity contribution in [1.82, 2.24) is 5.32 Å². The first-order valence-electron chi connectivity index (χ1n) is 7.22. The van der Waals surface area contributed by atoms with Crippen LogP contribution in [0.1, 0.15) is 26.3 Å². The SMILES string of the molecule is CC(C)(C)OC(=O)NC(C#N)Cc1ccc(OS(=O)(=O)C(F)(F)F)cc1. The van der Waals surface area contributed by atoms with Gasteiger partial charge < -0.3 is 14.2 Å². The highest BCUT2D eigenvalue weighted by Gasteiger charge is 2.48. The summed E-state index contributed by atoms with van der Waals surface area (Å²) in [5.74, 6) is -0.528. The molecule has 144 valence electrons. The Morgan fingerprint density at radius 2 is 1.77 bits per heavy atom. The summed E-state index contributed by atoms with van der Waals surface area (Å²) >= 11 is 0. The van der Waals surface area contributed by atoms with Gasteiger partial charge in [0.15, 0.2) is 0 Å². The number of amides is 1. The number of ether oxygens (including phenoxy) is 1. The van der Waals surface area contributed by atoms with Crippen LogP contribution in [0.2, 0.25) is 0 Å². The summed E-state index contributed by atoms with van der Waals surface area (Å²) in [6.45, 7) is 4.96. The van der Waals surface area contributed by atoms with Crippen LogP contribution < -0.4 is 9.50 Å². The number of alkyl carbamates (subject to hydrolysis) is 1. The molecule has 0 saturated heterocycles. The number of carbonyl (C=O) groups excluding carboxylic acids is 1. The third-order valence-corrected chi connectivity index (χ3v) is 3.68. The Labute approximate surface area is 148 Å². The lowest BCUT2D eigenvalue weighted by Crippen LogP contribution is -2.39. The van der Waals surface area contributed by atoms with Crippen LogP contribution >= 0.6 is 0 Å². The number of halogens is 3. The van der Waals surface area contributed by atoms with E-state index < -0.39 is 39.1 Å². The zero-order valence-electron chi connectivity index (χ0n) is 14.1. The van der Waals surface area contributed by atoms with Crippen LogP contribution in [0.15, 0.2) is 24.3 Å². The maximum atomic E-state index is 12.3. The molecule has 1 N–H and O–H groups in total. The first kappa shape index (κ1) is 21.6. The fraction of sp³-hybridized carbons (Fsp3) is 0.467. The van der Waals surface area contributed by atoms with Crippen LogP contribution in [-0.2, 0) is 21.3 Å². The molecule has 0 aliphatic carbocycles. The van der Waals surface area contributed by atoms with Gasteiger partial charge in [-0.1, -0.05) is 12.1 Å². The summed E-state index contributed by atoms with van der Waals surface area (Å²) < 4.78 is 67.6. The van der Waals surface area contributed by atoms with Crippen molar-refractivity contribution in [2.24, 2.45) is 0 Å². The molecule has 0 radical (unpaired) electrons. The van der Waals surface area contributed by atoms with Crippen molar-refractivity contribution in [3.63, 3.8) is 0 Å². The summed E-state index contributed by atoms with van der Waals surface area (Å²) in [6, 6.07) is 5.49. The molecule has 1 atom stereocenters. The fourth-order valence-electron chi connectivity index (χ4n) is 1.67. The monoisotopic (exact) mass is 394 g/mol. The Morgan fingerprint density at radius 1 is 1.23 bits per heavy atom. The van der Waals surface area contributed by atoms with E-state index in [1.54, 1.807) is 20.8 Å². The summed E-state index contributed by atoms with van der Waals surface area (Å²) in [5, 5.41) is 11.4.